The first-order chi connectivity index (χ1) is 13.0. The number of hydrogen-bond donors (Lipinski definition) is 2. The zero-order chi connectivity index (χ0) is 19.6. The Morgan fingerprint density at radius 2 is 1.70 bits per heavy atom. The third kappa shape index (κ3) is 3.58. The van der Waals surface area contributed by atoms with E-state index in [1.165, 1.54) is 5.56 Å². The Morgan fingerprint density at radius 3 is 2.30 bits per heavy atom. The number of hydrogen-bond acceptors (Lipinski definition) is 2. The molecule has 3 rings (SSSR count). The van der Waals surface area contributed by atoms with E-state index in [0.717, 1.165) is 28.5 Å². The van der Waals surface area contributed by atoms with E-state index >= 15 is 0 Å². The highest BCUT2D eigenvalue weighted by atomic mass is 16.4. The molecule has 3 aromatic rings. The van der Waals surface area contributed by atoms with Gasteiger partial charge in [-0.15, -0.1) is 0 Å². The third-order valence-electron chi connectivity index (χ3n) is 4.97. The maximum Gasteiger partial charge on any atom is 0.335 e. The monoisotopic (exact) mass is 364 g/mol. The second kappa shape index (κ2) is 7.66. The molecule has 0 aliphatic carbocycles. The van der Waals surface area contributed by atoms with Crippen molar-refractivity contribution in [1.82, 2.24) is 9.88 Å². The molecule has 5 nitrogen and oxygen atoms in total. The van der Waals surface area contributed by atoms with Gasteiger partial charge in [0.2, 0.25) is 0 Å². The summed E-state index contributed by atoms with van der Waals surface area (Å²) in [6, 6.07) is 12.9. The van der Waals surface area contributed by atoms with Crippen molar-refractivity contribution in [1.29, 1.82) is 0 Å². The second-order valence-electron chi connectivity index (χ2n) is 6.61. The maximum absolute atomic E-state index is 12.9. The molecule has 0 radical (unpaired) electrons. The Morgan fingerprint density at radius 1 is 1.04 bits per heavy atom. The van der Waals surface area contributed by atoms with Gasteiger partial charge in [-0.3, -0.25) is 4.79 Å². The largest absolute Gasteiger partial charge is 0.478 e. The number of aromatic nitrogens is 1. The molecule has 0 aliphatic heterocycles. The van der Waals surface area contributed by atoms with Gasteiger partial charge >= 0.3 is 5.97 Å². The number of carbonyl (C=O) groups excluding carboxylic acids is 1. The molecule has 0 bridgehead atoms. The van der Waals surface area contributed by atoms with E-state index in [9.17, 15) is 9.59 Å². The van der Waals surface area contributed by atoms with Gasteiger partial charge in [0.05, 0.1) is 5.56 Å². The lowest BCUT2D eigenvalue weighted by atomic mass is 10.1. The molecule has 140 valence electrons. The van der Waals surface area contributed by atoms with Crippen LogP contribution in [0.3, 0.4) is 0 Å². The van der Waals surface area contributed by atoms with Crippen molar-refractivity contribution in [2.45, 2.75) is 40.3 Å². The van der Waals surface area contributed by atoms with Crippen LogP contribution in [0, 0.1) is 6.92 Å². The molecule has 1 heterocycles. The van der Waals surface area contributed by atoms with E-state index in [2.05, 4.69) is 30.4 Å². The van der Waals surface area contributed by atoms with Gasteiger partial charge in [0.1, 0.15) is 5.69 Å². The minimum atomic E-state index is -0.958. The summed E-state index contributed by atoms with van der Waals surface area (Å²) >= 11 is 0. The molecule has 0 unspecified atom stereocenters. The normalized spacial score (nSPS) is 10.9. The number of nitrogens with zero attached hydrogens (tertiary/aromatic N) is 1. The maximum atomic E-state index is 12.9. The Bertz CT molecular complexity index is 1000. The van der Waals surface area contributed by atoms with Crippen LogP contribution in [0.4, 0.5) is 0 Å². The molecule has 0 fully saturated rings. The van der Waals surface area contributed by atoms with E-state index in [4.69, 9.17) is 5.11 Å². The Labute approximate surface area is 158 Å². The lowest BCUT2D eigenvalue weighted by Gasteiger charge is -2.10. The summed E-state index contributed by atoms with van der Waals surface area (Å²) in [5.74, 6) is -1.08. The molecule has 1 amide bonds. The minimum absolute atomic E-state index is 0.120. The van der Waals surface area contributed by atoms with Crippen LogP contribution in [0.15, 0.2) is 42.5 Å². The zero-order valence-corrected chi connectivity index (χ0v) is 15.9. The van der Waals surface area contributed by atoms with Gasteiger partial charge in [0, 0.05) is 24.0 Å². The first-order valence-corrected chi connectivity index (χ1v) is 9.18. The van der Waals surface area contributed by atoms with Crippen LogP contribution in [0.25, 0.3) is 10.9 Å². The number of amides is 1. The summed E-state index contributed by atoms with van der Waals surface area (Å²) in [4.78, 5) is 23.8. The van der Waals surface area contributed by atoms with Crippen LogP contribution < -0.4 is 5.32 Å². The zero-order valence-electron chi connectivity index (χ0n) is 15.9. The fourth-order valence-corrected chi connectivity index (χ4v) is 3.44. The molecular weight excluding hydrogens is 340 g/mol. The van der Waals surface area contributed by atoms with Crippen LogP contribution in [-0.2, 0) is 19.5 Å². The number of nitrogens with one attached hydrogen (secondary N) is 1. The van der Waals surface area contributed by atoms with Gasteiger partial charge in [-0.25, -0.2) is 4.79 Å². The van der Waals surface area contributed by atoms with E-state index < -0.39 is 5.97 Å². The lowest BCUT2D eigenvalue weighted by Crippen LogP contribution is -2.26. The summed E-state index contributed by atoms with van der Waals surface area (Å²) in [6.07, 6.45) is 0.959. The molecule has 0 saturated heterocycles. The fourth-order valence-electron chi connectivity index (χ4n) is 3.44. The summed E-state index contributed by atoms with van der Waals surface area (Å²) in [6.45, 7) is 7.21. The average molecular weight is 364 g/mol. The summed E-state index contributed by atoms with van der Waals surface area (Å²) in [5, 5.41) is 13.0. The molecule has 2 N–H and O–H groups in total. The van der Waals surface area contributed by atoms with Gasteiger partial charge in [0.15, 0.2) is 0 Å². The topological polar surface area (TPSA) is 71.3 Å². The number of fused-ring (bicyclic) bond motifs is 1. The van der Waals surface area contributed by atoms with E-state index in [-0.39, 0.29) is 11.5 Å². The number of benzene rings is 2. The van der Waals surface area contributed by atoms with E-state index in [1.807, 2.05) is 18.4 Å². The number of carbonyl (C=O) groups is 2. The third-order valence-corrected chi connectivity index (χ3v) is 4.97. The molecular formula is C22H24N2O3. The number of aromatic carboxylic acids is 1. The molecule has 2 aromatic carbocycles. The van der Waals surface area contributed by atoms with E-state index in [0.29, 0.717) is 18.8 Å². The standard InChI is InChI=1S/C22H24N2O3/c1-4-15-8-11-19-18(12-15)14(3)20(24(19)5-2)21(25)23-13-16-6-9-17(10-7-16)22(26)27/h6-12H,4-5,13H2,1-3H3,(H,23,25)(H,26,27). The molecule has 5 heteroatoms. The highest BCUT2D eigenvalue weighted by Crippen LogP contribution is 2.27. The van der Waals surface area contributed by atoms with Gasteiger partial charge < -0.3 is 15.0 Å². The van der Waals surface area contributed by atoms with Crippen LogP contribution in [0.2, 0.25) is 0 Å². The summed E-state index contributed by atoms with van der Waals surface area (Å²) < 4.78 is 2.05. The van der Waals surface area contributed by atoms with Gasteiger partial charge in [-0.05, 0) is 61.2 Å². The second-order valence-corrected chi connectivity index (χ2v) is 6.61. The predicted molar refractivity (Wildman–Crippen MR) is 106 cm³/mol. The van der Waals surface area contributed by atoms with Crippen LogP contribution in [0.5, 0.6) is 0 Å². The number of rotatable bonds is 6. The van der Waals surface area contributed by atoms with Crippen molar-refractivity contribution < 1.29 is 14.7 Å². The molecule has 0 saturated carbocycles. The Balaban J connectivity index is 1.86. The van der Waals surface area contributed by atoms with Crippen molar-refractivity contribution >= 4 is 22.8 Å². The average Bonchev–Trinajstić information content (AvgIpc) is 2.97. The quantitative estimate of drug-likeness (QED) is 0.690. The lowest BCUT2D eigenvalue weighted by molar-refractivity contribution is 0.0696. The molecule has 27 heavy (non-hydrogen) atoms. The molecule has 1 aromatic heterocycles. The highest BCUT2D eigenvalue weighted by molar-refractivity contribution is 6.01. The van der Waals surface area contributed by atoms with Gasteiger partial charge in [-0.1, -0.05) is 25.1 Å². The minimum Gasteiger partial charge on any atom is -0.478 e. The first-order valence-electron chi connectivity index (χ1n) is 9.18. The number of carboxylic acid groups (broad SMARTS) is 1. The molecule has 0 atom stereocenters. The van der Waals surface area contributed by atoms with Gasteiger partial charge in [-0.2, -0.15) is 0 Å². The van der Waals surface area contributed by atoms with E-state index in [1.54, 1.807) is 24.3 Å². The predicted octanol–water partition coefficient (Wildman–Crippen LogP) is 4.16. The van der Waals surface area contributed by atoms with Gasteiger partial charge in [0.25, 0.3) is 5.91 Å². The van der Waals surface area contributed by atoms with Crippen molar-refractivity contribution in [2.75, 3.05) is 0 Å². The van der Waals surface area contributed by atoms with Crippen molar-refractivity contribution in [3.05, 3.63) is 70.4 Å². The molecule has 0 aliphatic rings. The summed E-state index contributed by atoms with van der Waals surface area (Å²) in [7, 11) is 0. The van der Waals surface area contributed by atoms with Crippen LogP contribution >= 0.6 is 0 Å². The Kier molecular flexibility index (Phi) is 5.31. The van der Waals surface area contributed by atoms with Crippen LogP contribution in [0.1, 0.15) is 51.4 Å². The first kappa shape index (κ1) is 18.7. The van der Waals surface area contributed by atoms with Crippen molar-refractivity contribution in [2.24, 2.45) is 0 Å². The fraction of sp³-hybridized carbons (Fsp3) is 0.273. The van der Waals surface area contributed by atoms with Crippen molar-refractivity contribution in [3.63, 3.8) is 0 Å². The highest BCUT2D eigenvalue weighted by Gasteiger charge is 2.19. The number of aryl methyl sites for hydroxylation is 3. The SMILES string of the molecule is CCc1ccc2c(c1)c(C)c(C(=O)NCc1ccc(C(=O)O)cc1)n2CC. The smallest absolute Gasteiger partial charge is 0.335 e. The van der Waals surface area contributed by atoms with Crippen LogP contribution in [-0.4, -0.2) is 21.6 Å². The Hall–Kier alpha value is -3.08. The number of carboxylic acids is 1. The summed E-state index contributed by atoms with van der Waals surface area (Å²) in [5.41, 5.74) is 5.09. The molecule has 0 spiro atoms. The van der Waals surface area contributed by atoms with Crippen molar-refractivity contribution in [3.8, 4) is 0 Å².